The maximum absolute atomic E-state index is 11.8. The van der Waals surface area contributed by atoms with Crippen LogP contribution < -0.4 is 0 Å². The first-order valence-electron chi connectivity index (χ1n) is 5.16. The van der Waals surface area contributed by atoms with Gasteiger partial charge in [-0.15, -0.1) is 0 Å². The summed E-state index contributed by atoms with van der Waals surface area (Å²) in [4.78, 5) is 24.8. The van der Waals surface area contributed by atoms with Gasteiger partial charge in [0.2, 0.25) is 5.91 Å². The van der Waals surface area contributed by atoms with Crippen LogP contribution in [0.15, 0.2) is 12.7 Å². The van der Waals surface area contributed by atoms with E-state index in [1.807, 2.05) is 34.6 Å². The maximum atomic E-state index is 11.8. The molecule has 3 heteroatoms. The van der Waals surface area contributed by atoms with Gasteiger partial charge in [0, 0.05) is 11.5 Å². The molecule has 0 spiro atoms. The molecular weight excluding hydrogens is 190 g/mol. The van der Waals surface area contributed by atoms with Crippen LogP contribution in [0.4, 0.5) is 0 Å². The quantitative estimate of drug-likeness (QED) is 0.667. The Balaban J connectivity index is 4.64. The van der Waals surface area contributed by atoms with Gasteiger partial charge in [-0.2, -0.15) is 0 Å². The molecule has 1 amide bonds. The lowest BCUT2D eigenvalue weighted by molar-refractivity contribution is -0.136. The van der Waals surface area contributed by atoms with Crippen molar-refractivity contribution >= 4 is 11.7 Å². The Morgan fingerprint density at radius 1 is 1.33 bits per heavy atom. The van der Waals surface area contributed by atoms with E-state index >= 15 is 0 Å². The molecule has 0 aromatic rings. The third-order valence-electron chi connectivity index (χ3n) is 2.23. The monoisotopic (exact) mass is 211 g/mol. The molecule has 0 radical (unpaired) electrons. The largest absolute Gasteiger partial charge is 0.329 e. The van der Waals surface area contributed by atoms with Gasteiger partial charge in [-0.1, -0.05) is 27.4 Å². The molecule has 0 fully saturated rings. The molecule has 0 N–H and O–H groups in total. The molecule has 0 aliphatic carbocycles. The average Bonchev–Trinajstić information content (AvgIpc) is 2.10. The summed E-state index contributed by atoms with van der Waals surface area (Å²) in [6, 6.07) is 0.0156. The van der Waals surface area contributed by atoms with Gasteiger partial charge in [0.25, 0.3) is 0 Å². The Morgan fingerprint density at radius 3 is 2.07 bits per heavy atom. The van der Waals surface area contributed by atoms with Crippen LogP contribution in [-0.4, -0.2) is 29.2 Å². The minimum Gasteiger partial charge on any atom is -0.329 e. The zero-order chi connectivity index (χ0) is 12.2. The highest BCUT2D eigenvalue weighted by Gasteiger charge is 2.26. The first-order chi connectivity index (χ1) is 6.70. The summed E-state index contributed by atoms with van der Waals surface area (Å²) in [5.74, 6) is -0.131. The van der Waals surface area contributed by atoms with Crippen LogP contribution in [0.3, 0.4) is 0 Å². The Bertz CT molecular complexity index is 261. The van der Waals surface area contributed by atoms with Crippen molar-refractivity contribution in [3.05, 3.63) is 12.7 Å². The highest BCUT2D eigenvalue weighted by Crippen LogP contribution is 2.16. The number of ketones is 1. The highest BCUT2D eigenvalue weighted by atomic mass is 16.2. The molecule has 0 rings (SSSR count). The molecule has 0 atom stereocenters. The van der Waals surface area contributed by atoms with E-state index in [0.29, 0.717) is 0 Å². The molecule has 0 bridgehead atoms. The second-order valence-electron chi connectivity index (χ2n) is 4.94. The maximum Gasteiger partial charge on any atom is 0.246 e. The number of carbonyl (C=O) groups excluding carboxylic acids is 2. The first-order valence-corrected chi connectivity index (χ1v) is 5.16. The average molecular weight is 211 g/mol. The fourth-order valence-electron chi connectivity index (χ4n) is 1.02. The molecule has 0 aromatic heterocycles. The number of hydrogen-bond donors (Lipinski definition) is 0. The highest BCUT2D eigenvalue weighted by molar-refractivity contribution is 5.93. The van der Waals surface area contributed by atoms with Crippen LogP contribution in [0.5, 0.6) is 0 Å². The third-order valence-corrected chi connectivity index (χ3v) is 2.23. The molecule has 0 saturated heterocycles. The predicted molar refractivity (Wildman–Crippen MR) is 61.5 cm³/mol. The van der Waals surface area contributed by atoms with Crippen LogP contribution in [0.25, 0.3) is 0 Å². The van der Waals surface area contributed by atoms with Crippen molar-refractivity contribution in [2.45, 2.75) is 40.7 Å². The lowest BCUT2D eigenvalue weighted by Crippen LogP contribution is -2.42. The molecular formula is C12H21NO2. The number of amides is 1. The topological polar surface area (TPSA) is 37.4 Å². The van der Waals surface area contributed by atoms with Crippen LogP contribution in [0.2, 0.25) is 0 Å². The number of nitrogens with zero attached hydrogens (tertiary/aromatic N) is 1. The van der Waals surface area contributed by atoms with Crippen LogP contribution in [-0.2, 0) is 9.59 Å². The van der Waals surface area contributed by atoms with Gasteiger partial charge in [-0.05, 0) is 19.9 Å². The zero-order valence-electron chi connectivity index (χ0n) is 10.3. The van der Waals surface area contributed by atoms with Gasteiger partial charge in [0.1, 0.15) is 0 Å². The molecule has 0 aliphatic rings. The van der Waals surface area contributed by atoms with Gasteiger partial charge in [-0.25, -0.2) is 0 Å². The Labute approximate surface area is 92.1 Å². The molecule has 15 heavy (non-hydrogen) atoms. The number of Topliss-reactive ketones (excluding diaryl/α,β-unsaturated/α-hetero) is 1. The fraction of sp³-hybridized carbons (Fsp3) is 0.667. The van der Waals surface area contributed by atoms with E-state index in [2.05, 4.69) is 6.58 Å². The van der Waals surface area contributed by atoms with Crippen LogP contribution in [0, 0.1) is 5.41 Å². The smallest absolute Gasteiger partial charge is 0.246 e. The minimum atomic E-state index is -0.408. The lowest BCUT2D eigenvalue weighted by Gasteiger charge is -2.28. The number of carbonyl (C=O) groups is 2. The predicted octanol–water partition coefficient (Wildman–Crippen LogP) is 2.02. The Hall–Kier alpha value is -1.12. The van der Waals surface area contributed by atoms with Gasteiger partial charge in [0.05, 0.1) is 6.54 Å². The van der Waals surface area contributed by atoms with Crippen LogP contribution >= 0.6 is 0 Å². The van der Waals surface area contributed by atoms with Crippen molar-refractivity contribution < 1.29 is 9.59 Å². The normalized spacial score (nSPS) is 11.3. The van der Waals surface area contributed by atoms with Gasteiger partial charge < -0.3 is 4.90 Å². The SMILES string of the molecule is C=CC(=O)N(CC(=O)C(C)(C)C)C(C)C. The molecule has 0 heterocycles. The third kappa shape index (κ3) is 4.28. The standard InChI is InChI=1S/C12H21NO2/c1-7-11(15)13(9(2)3)8-10(14)12(4,5)6/h7,9H,1,8H2,2-6H3. The van der Waals surface area contributed by atoms with E-state index in [1.54, 1.807) is 0 Å². The Morgan fingerprint density at radius 2 is 1.80 bits per heavy atom. The van der Waals surface area contributed by atoms with E-state index in [4.69, 9.17) is 0 Å². The molecule has 3 nitrogen and oxygen atoms in total. The summed E-state index contributed by atoms with van der Waals surface area (Å²) in [7, 11) is 0. The lowest BCUT2D eigenvalue weighted by atomic mass is 9.90. The summed E-state index contributed by atoms with van der Waals surface area (Å²) in [6.07, 6.45) is 1.25. The summed E-state index contributed by atoms with van der Waals surface area (Å²) in [5.41, 5.74) is -0.408. The fourth-order valence-corrected chi connectivity index (χ4v) is 1.02. The second-order valence-corrected chi connectivity index (χ2v) is 4.94. The van der Waals surface area contributed by atoms with Crippen molar-refractivity contribution in [2.75, 3.05) is 6.54 Å². The van der Waals surface area contributed by atoms with Crippen molar-refractivity contribution in [3.8, 4) is 0 Å². The number of hydrogen-bond acceptors (Lipinski definition) is 2. The van der Waals surface area contributed by atoms with Gasteiger partial charge in [-0.3, -0.25) is 9.59 Å². The minimum absolute atomic E-state index is 0.0156. The van der Waals surface area contributed by atoms with Crippen molar-refractivity contribution in [3.63, 3.8) is 0 Å². The summed E-state index contributed by atoms with van der Waals surface area (Å²) in [5, 5.41) is 0. The second kappa shape index (κ2) is 5.10. The van der Waals surface area contributed by atoms with Crippen LogP contribution in [0.1, 0.15) is 34.6 Å². The molecule has 0 saturated carbocycles. The van der Waals surface area contributed by atoms with Crippen molar-refractivity contribution in [1.29, 1.82) is 0 Å². The number of rotatable bonds is 4. The van der Waals surface area contributed by atoms with E-state index < -0.39 is 5.41 Å². The van der Waals surface area contributed by atoms with E-state index in [9.17, 15) is 9.59 Å². The molecule has 86 valence electrons. The van der Waals surface area contributed by atoms with Gasteiger partial charge >= 0.3 is 0 Å². The summed E-state index contributed by atoms with van der Waals surface area (Å²) >= 11 is 0. The zero-order valence-corrected chi connectivity index (χ0v) is 10.3. The summed E-state index contributed by atoms with van der Waals surface area (Å²) < 4.78 is 0. The van der Waals surface area contributed by atoms with Crippen molar-refractivity contribution in [1.82, 2.24) is 4.90 Å². The van der Waals surface area contributed by atoms with E-state index in [0.717, 1.165) is 0 Å². The van der Waals surface area contributed by atoms with E-state index in [1.165, 1.54) is 11.0 Å². The van der Waals surface area contributed by atoms with Crippen molar-refractivity contribution in [2.24, 2.45) is 5.41 Å². The Kier molecular flexibility index (Phi) is 4.72. The molecule has 0 aliphatic heterocycles. The summed E-state index contributed by atoms with van der Waals surface area (Å²) in [6.45, 7) is 12.9. The van der Waals surface area contributed by atoms with Gasteiger partial charge in [0.15, 0.2) is 5.78 Å². The molecule has 0 aromatic carbocycles. The van der Waals surface area contributed by atoms with E-state index in [-0.39, 0.29) is 24.3 Å². The first kappa shape index (κ1) is 13.9. The molecule has 0 unspecified atom stereocenters.